The van der Waals surface area contributed by atoms with E-state index >= 15 is 0 Å². The van der Waals surface area contributed by atoms with Crippen LogP contribution in [0.4, 0.5) is 5.69 Å². The van der Waals surface area contributed by atoms with Crippen LogP contribution in [0, 0.1) is 5.92 Å². The highest BCUT2D eigenvalue weighted by molar-refractivity contribution is 7.89. The fourth-order valence-electron chi connectivity index (χ4n) is 3.92. The van der Waals surface area contributed by atoms with E-state index in [1.54, 1.807) is 18.2 Å². The first-order chi connectivity index (χ1) is 14.7. The van der Waals surface area contributed by atoms with Gasteiger partial charge in [-0.1, -0.05) is 44.0 Å². The molecule has 0 unspecified atom stereocenters. The van der Waals surface area contributed by atoms with Crippen molar-refractivity contribution in [1.82, 2.24) is 4.31 Å². The van der Waals surface area contributed by atoms with E-state index in [1.807, 2.05) is 26.0 Å². The van der Waals surface area contributed by atoms with Crippen molar-refractivity contribution in [3.63, 3.8) is 0 Å². The minimum atomic E-state index is -3.63. The molecule has 0 aromatic heterocycles. The van der Waals surface area contributed by atoms with Crippen LogP contribution in [0.15, 0.2) is 47.4 Å². The molecule has 1 aliphatic rings. The van der Waals surface area contributed by atoms with Crippen molar-refractivity contribution in [1.29, 1.82) is 0 Å². The molecule has 3 rings (SSSR count). The van der Waals surface area contributed by atoms with Gasteiger partial charge in [-0.15, -0.1) is 0 Å². The second-order valence-corrected chi connectivity index (χ2v) is 10.5. The zero-order valence-electron chi connectivity index (χ0n) is 18.1. The smallest absolute Gasteiger partial charge is 0.243 e. The zero-order valence-corrected chi connectivity index (χ0v) is 19.7. The van der Waals surface area contributed by atoms with Gasteiger partial charge in [-0.05, 0) is 54.7 Å². The summed E-state index contributed by atoms with van der Waals surface area (Å²) >= 11 is 5.99. The summed E-state index contributed by atoms with van der Waals surface area (Å²) < 4.78 is 33.0. The third kappa shape index (κ3) is 5.40. The molecular formula is C23H29ClN2O4S. The van der Waals surface area contributed by atoms with E-state index in [4.69, 9.17) is 16.3 Å². The molecule has 0 radical (unpaired) electrons. The molecule has 1 saturated heterocycles. The zero-order chi connectivity index (χ0) is 22.6. The van der Waals surface area contributed by atoms with Crippen molar-refractivity contribution in [2.75, 3.05) is 25.5 Å². The summed E-state index contributed by atoms with van der Waals surface area (Å²) in [4.78, 5) is 13.4. The molecule has 0 bridgehead atoms. The molecule has 1 aliphatic heterocycles. The van der Waals surface area contributed by atoms with Crippen molar-refractivity contribution in [3.8, 4) is 5.75 Å². The van der Waals surface area contributed by atoms with Crippen molar-refractivity contribution in [3.05, 3.63) is 53.1 Å². The Morgan fingerprint density at radius 2 is 1.71 bits per heavy atom. The number of hydrogen-bond donors (Lipinski definition) is 1. The molecule has 31 heavy (non-hydrogen) atoms. The standard InChI is InChI=1S/C23H29ClN2O4S/c1-16(2)22(17-7-9-18(24)10-8-17)23(27)25-20-15-19(11-12-21(20)30-3)31(28,29)26-13-5-4-6-14-26/h7-12,15-16,22H,4-6,13-14H2,1-3H3,(H,25,27)/t22-/m0/s1. The van der Waals surface area contributed by atoms with E-state index in [9.17, 15) is 13.2 Å². The summed E-state index contributed by atoms with van der Waals surface area (Å²) in [5.41, 5.74) is 1.18. The number of methoxy groups -OCH3 is 1. The van der Waals surface area contributed by atoms with Crippen LogP contribution >= 0.6 is 11.6 Å². The van der Waals surface area contributed by atoms with Gasteiger partial charge in [0.2, 0.25) is 15.9 Å². The highest BCUT2D eigenvalue weighted by Crippen LogP contribution is 2.33. The Morgan fingerprint density at radius 3 is 2.29 bits per heavy atom. The predicted octanol–water partition coefficient (Wildman–Crippen LogP) is 4.90. The Morgan fingerprint density at radius 1 is 1.06 bits per heavy atom. The monoisotopic (exact) mass is 464 g/mol. The maximum absolute atomic E-state index is 13.2. The molecule has 0 saturated carbocycles. The van der Waals surface area contributed by atoms with Gasteiger partial charge >= 0.3 is 0 Å². The molecule has 2 aromatic carbocycles. The van der Waals surface area contributed by atoms with Crippen molar-refractivity contribution in [2.24, 2.45) is 5.92 Å². The van der Waals surface area contributed by atoms with E-state index in [1.165, 1.54) is 23.5 Å². The molecule has 2 aromatic rings. The third-order valence-electron chi connectivity index (χ3n) is 5.56. The number of carbonyl (C=O) groups is 1. The van der Waals surface area contributed by atoms with Crippen LogP contribution in [0.2, 0.25) is 5.02 Å². The molecule has 1 heterocycles. The quantitative estimate of drug-likeness (QED) is 0.632. The molecule has 8 heteroatoms. The third-order valence-corrected chi connectivity index (χ3v) is 7.71. The van der Waals surface area contributed by atoms with Gasteiger partial charge in [0.1, 0.15) is 5.75 Å². The number of benzene rings is 2. The van der Waals surface area contributed by atoms with E-state index in [-0.39, 0.29) is 16.7 Å². The van der Waals surface area contributed by atoms with Crippen LogP contribution < -0.4 is 10.1 Å². The molecule has 6 nitrogen and oxygen atoms in total. The number of anilines is 1. The van der Waals surface area contributed by atoms with Gasteiger partial charge in [0.25, 0.3) is 0 Å². The van der Waals surface area contributed by atoms with Gasteiger partial charge in [-0.3, -0.25) is 4.79 Å². The first-order valence-electron chi connectivity index (χ1n) is 10.5. The van der Waals surface area contributed by atoms with E-state index < -0.39 is 15.9 Å². The van der Waals surface area contributed by atoms with Crippen molar-refractivity contribution in [2.45, 2.75) is 43.9 Å². The van der Waals surface area contributed by atoms with Crippen LogP contribution in [-0.4, -0.2) is 38.8 Å². The average Bonchev–Trinajstić information content (AvgIpc) is 2.75. The summed E-state index contributed by atoms with van der Waals surface area (Å²) in [5, 5.41) is 3.49. The van der Waals surface area contributed by atoms with Crippen molar-refractivity contribution >= 4 is 33.2 Å². The lowest BCUT2D eigenvalue weighted by atomic mass is 9.87. The molecule has 1 atom stereocenters. The van der Waals surface area contributed by atoms with E-state index in [2.05, 4.69) is 5.32 Å². The number of rotatable bonds is 7. The number of piperidine rings is 1. The van der Waals surface area contributed by atoms with Crippen molar-refractivity contribution < 1.29 is 17.9 Å². The maximum Gasteiger partial charge on any atom is 0.243 e. The van der Waals surface area contributed by atoms with Crippen LogP contribution in [0.5, 0.6) is 5.75 Å². The Hall–Kier alpha value is -2.09. The molecule has 168 valence electrons. The molecule has 0 aliphatic carbocycles. The van der Waals surface area contributed by atoms with Gasteiger partial charge in [0, 0.05) is 18.1 Å². The lowest BCUT2D eigenvalue weighted by Gasteiger charge is -2.26. The molecule has 0 spiro atoms. The number of hydrogen-bond acceptors (Lipinski definition) is 4. The first kappa shape index (κ1) is 23.6. The fourth-order valence-corrected chi connectivity index (χ4v) is 5.59. The minimum absolute atomic E-state index is 0.0208. The largest absolute Gasteiger partial charge is 0.495 e. The van der Waals surface area contributed by atoms with Gasteiger partial charge < -0.3 is 10.1 Å². The summed E-state index contributed by atoms with van der Waals surface area (Å²) in [7, 11) is -2.14. The van der Waals surface area contributed by atoms with Crippen LogP contribution in [0.25, 0.3) is 0 Å². The summed E-state index contributed by atoms with van der Waals surface area (Å²) in [5.74, 6) is -0.232. The van der Waals surface area contributed by atoms with Crippen LogP contribution in [0.3, 0.4) is 0 Å². The highest BCUT2D eigenvalue weighted by Gasteiger charge is 2.28. The van der Waals surface area contributed by atoms with Gasteiger partial charge in [0.05, 0.1) is 23.6 Å². The fraction of sp³-hybridized carbons (Fsp3) is 0.435. The topological polar surface area (TPSA) is 75.7 Å². The van der Waals surface area contributed by atoms with Gasteiger partial charge in [-0.2, -0.15) is 4.31 Å². The number of halogens is 1. The second-order valence-electron chi connectivity index (χ2n) is 8.09. The Bertz CT molecular complexity index is 1020. The lowest BCUT2D eigenvalue weighted by Crippen LogP contribution is -2.35. The summed E-state index contributed by atoms with van der Waals surface area (Å²) in [6.45, 7) is 4.96. The number of ether oxygens (including phenoxy) is 1. The molecular weight excluding hydrogens is 436 g/mol. The van der Waals surface area contributed by atoms with E-state index in [0.29, 0.717) is 29.5 Å². The predicted molar refractivity (Wildman–Crippen MR) is 123 cm³/mol. The Balaban J connectivity index is 1.91. The van der Waals surface area contributed by atoms with E-state index in [0.717, 1.165) is 24.8 Å². The number of carbonyl (C=O) groups excluding carboxylic acids is 1. The average molecular weight is 465 g/mol. The lowest BCUT2D eigenvalue weighted by molar-refractivity contribution is -0.118. The molecule has 1 N–H and O–H groups in total. The van der Waals surface area contributed by atoms with Crippen LogP contribution in [-0.2, 0) is 14.8 Å². The second kappa shape index (κ2) is 10.0. The number of nitrogens with one attached hydrogen (secondary N) is 1. The normalized spacial score (nSPS) is 16.2. The van der Waals surface area contributed by atoms with Gasteiger partial charge in [0.15, 0.2) is 0 Å². The minimum Gasteiger partial charge on any atom is -0.495 e. The number of amides is 1. The maximum atomic E-state index is 13.2. The summed E-state index contributed by atoms with van der Waals surface area (Å²) in [6.07, 6.45) is 2.75. The SMILES string of the molecule is COc1ccc(S(=O)(=O)N2CCCCC2)cc1NC(=O)[C@H](c1ccc(Cl)cc1)C(C)C. The molecule has 1 amide bonds. The Kier molecular flexibility index (Phi) is 7.62. The highest BCUT2D eigenvalue weighted by atomic mass is 35.5. The summed E-state index contributed by atoms with van der Waals surface area (Å²) in [6, 6.07) is 11.8. The molecule has 1 fully saturated rings. The van der Waals surface area contributed by atoms with Gasteiger partial charge in [-0.25, -0.2) is 8.42 Å². The van der Waals surface area contributed by atoms with Crippen LogP contribution in [0.1, 0.15) is 44.6 Å². The number of sulfonamides is 1. The number of nitrogens with zero attached hydrogens (tertiary/aromatic N) is 1. The Labute approximate surface area is 189 Å². The first-order valence-corrected chi connectivity index (χ1v) is 12.3.